The maximum atomic E-state index is 12.3. The van der Waals surface area contributed by atoms with Crippen LogP contribution in [0.15, 0.2) is 33.5 Å². The molecule has 27 heavy (non-hydrogen) atoms. The fraction of sp³-hybridized carbons (Fsp3) is 0.450. The molecule has 0 bridgehead atoms. The number of aliphatic carboxylic acids is 1. The van der Waals surface area contributed by atoms with E-state index in [1.165, 1.54) is 13.0 Å². The zero-order chi connectivity index (χ0) is 20.0. The number of carboxylic acids is 1. The van der Waals surface area contributed by atoms with Crippen molar-refractivity contribution >= 4 is 22.8 Å². The molecule has 2 rings (SSSR count). The van der Waals surface area contributed by atoms with Crippen molar-refractivity contribution in [2.75, 3.05) is 0 Å². The summed E-state index contributed by atoms with van der Waals surface area (Å²) in [7, 11) is 0. The van der Waals surface area contributed by atoms with Crippen LogP contribution in [0.5, 0.6) is 5.75 Å². The van der Waals surface area contributed by atoms with Crippen LogP contribution in [0.3, 0.4) is 0 Å². The van der Waals surface area contributed by atoms with Gasteiger partial charge in [0, 0.05) is 17.5 Å². The molecule has 0 aliphatic heterocycles. The summed E-state index contributed by atoms with van der Waals surface area (Å²) in [5, 5.41) is 12.5. The molecule has 0 radical (unpaired) electrons. The molecule has 0 unspecified atom stereocenters. The third-order valence-electron chi connectivity index (χ3n) is 4.33. The molecule has 1 heterocycles. The molecule has 0 aliphatic rings. The average Bonchev–Trinajstić information content (AvgIpc) is 2.63. The van der Waals surface area contributed by atoms with Crippen molar-refractivity contribution in [3.63, 3.8) is 0 Å². The Labute approximate surface area is 157 Å². The van der Waals surface area contributed by atoms with Crippen molar-refractivity contribution in [1.82, 2.24) is 5.32 Å². The summed E-state index contributed by atoms with van der Waals surface area (Å²) in [6.07, 6.45) is 1.71. The van der Waals surface area contributed by atoms with Crippen LogP contribution in [0.1, 0.15) is 45.6 Å². The summed E-state index contributed by atoms with van der Waals surface area (Å²) >= 11 is 0. The van der Waals surface area contributed by atoms with Gasteiger partial charge >= 0.3 is 11.6 Å². The number of benzene rings is 1. The number of carbonyl (C=O) groups excluding carboxylic acids is 1. The Morgan fingerprint density at radius 3 is 2.63 bits per heavy atom. The van der Waals surface area contributed by atoms with Crippen LogP contribution in [-0.4, -0.2) is 29.1 Å². The molecular formula is C20H25NO6. The van der Waals surface area contributed by atoms with E-state index in [-0.39, 0.29) is 0 Å². The predicted octanol–water partition coefficient (Wildman–Crippen LogP) is 2.88. The lowest BCUT2D eigenvalue weighted by Gasteiger charge is -2.19. The molecule has 0 aliphatic carbocycles. The van der Waals surface area contributed by atoms with Gasteiger partial charge in [-0.25, -0.2) is 9.59 Å². The van der Waals surface area contributed by atoms with Crippen LogP contribution < -0.4 is 15.7 Å². The minimum atomic E-state index is -1.07. The molecule has 1 aromatic heterocycles. The normalized spacial score (nSPS) is 13.1. The summed E-state index contributed by atoms with van der Waals surface area (Å²) < 4.78 is 10.8. The highest BCUT2D eigenvalue weighted by Crippen LogP contribution is 2.23. The first-order valence-electron chi connectivity index (χ1n) is 9.12. The van der Waals surface area contributed by atoms with Crippen molar-refractivity contribution in [2.45, 2.75) is 58.6 Å². The number of amides is 1. The topological polar surface area (TPSA) is 106 Å². The molecule has 7 heteroatoms. The number of unbranched alkanes of at least 4 members (excludes halogenated alkanes) is 1. The summed E-state index contributed by atoms with van der Waals surface area (Å²) in [5.41, 5.74) is 0.817. The molecule has 0 saturated heterocycles. The first-order valence-corrected chi connectivity index (χ1v) is 9.12. The van der Waals surface area contributed by atoms with Gasteiger partial charge in [0.05, 0.1) is 0 Å². The summed E-state index contributed by atoms with van der Waals surface area (Å²) in [6, 6.07) is 5.55. The zero-order valence-corrected chi connectivity index (χ0v) is 15.8. The summed E-state index contributed by atoms with van der Waals surface area (Å²) in [5.74, 6) is -1.21. The second kappa shape index (κ2) is 9.21. The van der Waals surface area contributed by atoms with Crippen LogP contribution in [0.4, 0.5) is 0 Å². The molecule has 0 spiro atoms. The molecule has 0 fully saturated rings. The lowest BCUT2D eigenvalue weighted by molar-refractivity contribution is -0.143. The fourth-order valence-corrected chi connectivity index (χ4v) is 2.79. The van der Waals surface area contributed by atoms with E-state index in [0.29, 0.717) is 30.6 Å². The highest BCUT2D eigenvalue weighted by atomic mass is 16.5. The van der Waals surface area contributed by atoms with E-state index in [2.05, 4.69) is 5.32 Å². The van der Waals surface area contributed by atoms with Gasteiger partial charge in [0.25, 0.3) is 5.91 Å². The molecule has 146 valence electrons. The number of fused-ring (bicyclic) bond motifs is 1. The van der Waals surface area contributed by atoms with Gasteiger partial charge in [-0.2, -0.15) is 0 Å². The Kier molecular flexibility index (Phi) is 6.98. The third-order valence-corrected chi connectivity index (χ3v) is 4.33. The Morgan fingerprint density at radius 2 is 2.00 bits per heavy atom. The number of aryl methyl sites for hydroxylation is 1. The van der Waals surface area contributed by atoms with E-state index in [1.807, 2.05) is 13.8 Å². The maximum Gasteiger partial charge on any atom is 0.336 e. The monoisotopic (exact) mass is 375 g/mol. The van der Waals surface area contributed by atoms with Crippen molar-refractivity contribution in [2.24, 2.45) is 0 Å². The van der Waals surface area contributed by atoms with Gasteiger partial charge in [-0.05, 0) is 37.5 Å². The lowest BCUT2D eigenvalue weighted by atomic mass is 10.1. The molecule has 1 aromatic carbocycles. The van der Waals surface area contributed by atoms with Crippen molar-refractivity contribution in [3.05, 3.63) is 40.2 Å². The highest BCUT2D eigenvalue weighted by Gasteiger charge is 2.23. The number of carbonyl (C=O) groups is 2. The van der Waals surface area contributed by atoms with Gasteiger partial charge in [-0.3, -0.25) is 4.79 Å². The lowest BCUT2D eigenvalue weighted by Crippen LogP contribution is -2.46. The van der Waals surface area contributed by atoms with E-state index >= 15 is 0 Å². The van der Waals surface area contributed by atoms with E-state index in [4.69, 9.17) is 9.15 Å². The smallest absolute Gasteiger partial charge is 0.336 e. The van der Waals surface area contributed by atoms with Crippen molar-refractivity contribution in [3.8, 4) is 5.75 Å². The van der Waals surface area contributed by atoms with E-state index in [1.54, 1.807) is 18.2 Å². The van der Waals surface area contributed by atoms with Crippen molar-refractivity contribution in [1.29, 1.82) is 0 Å². The molecule has 2 N–H and O–H groups in total. The summed E-state index contributed by atoms with van der Waals surface area (Å²) in [6.45, 7) is 5.44. The van der Waals surface area contributed by atoms with E-state index in [0.717, 1.165) is 17.4 Å². The molecule has 2 atom stereocenters. The Morgan fingerprint density at radius 1 is 1.26 bits per heavy atom. The van der Waals surface area contributed by atoms with Gasteiger partial charge < -0.3 is 19.6 Å². The largest absolute Gasteiger partial charge is 0.481 e. The second-order valence-corrected chi connectivity index (χ2v) is 6.40. The zero-order valence-electron chi connectivity index (χ0n) is 15.8. The van der Waals surface area contributed by atoms with Crippen LogP contribution in [0.25, 0.3) is 11.0 Å². The third kappa shape index (κ3) is 5.32. The molecule has 0 saturated carbocycles. The molecule has 1 amide bonds. The first-order chi connectivity index (χ1) is 12.8. The van der Waals surface area contributed by atoms with Crippen LogP contribution in [0.2, 0.25) is 0 Å². The van der Waals surface area contributed by atoms with Crippen LogP contribution in [-0.2, 0) is 16.0 Å². The van der Waals surface area contributed by atoms with E-state index in [9.17, 15) is 19.5 Å². The molecular weight excluding hydrogens is 350 g/mol. The number of hydrogen-bond acceptors (Lipinski definition) is 5. The van der Waals surface area contributed by atoms with E-state index < -0.39 is 29.6 Å². The average molecular weight is 375 g/mol. The van der Waals surface area contributed by atoms with Gasteiger partial charge in [-0.1, -0.05) is 26.7 Å². The standard InChI is InChI=1S/C20H25NO6/c1-4-6-7-16(20(24)25)21-19(23)12(3)26-14-8-9-15-13(5-2)10-18(22)27-17(15)11-14/h8-12,16H,4-7H2,1-3H3,(H,21,23)(H,24,25)/t12-,16-/m1/s1. The number of hydrogen-bond donors (Lipinski definition) is 2. The van der Waals surface area contributed by atoms with Gasteiger partial charge in [0.1, 0.15) is 17.4 Å². The van der Waals surface area contributed by atoms with Crippen LogP contribution in [0, 0.1) is 0 Å². The quantitative estimate of drug-likeness (QED) is 0.653. The van der Waals surface area contributed by atoms with Gasteiger partial charge in [-0.15, -0.1) is 0 Å². The molecule has 2 aromatic rings. The van der Waals surface area contributed by atoms with Gasteiger partial charge in [0.15, 0.2) is 6.10 Å². The minimum Gasteiger partial charge on any atom is -0.481 e. The number of nitrogens with one attached hydrogen (secondary N) is 1. The summed E-state index contributed by atoms with van der Waals surface area (Å²) in [4.78, 5) is 35.2. The number of carboxylic acid groups (broad SMARTS) is 1. The minimum absolute atomic E-state index is 0.363. The Hall–Kier alpha value is -2.83. The molecule has 7 nitrogen and oxygen atoms in total. The SMILES string of the molecule is CCCC[C@@H](NC(=O)[C@@H](C)Oc1ccc2c(CC)cc(=O)oc2c1)C(=O)O. The Bertz CT molecular complexity index is 872. The fourth-order valence-electron chi connectivity index (χ4n) is 2.79. The second-order valence-electron chi connectivity index (χ2n) is 6.40. The highest BCUT2D eigenvalue weighted by molar-refractivity contribution is 5.86. The maximum absolute atomic E-state index is 12.3. The predicted molar refractivity (Wildman–Crippen MR) is 101 cm³/mol. The Balaban J connectivity index is 2.12. The number of ether oxygens (including phenoxy) is 1. The first kappa shape index (κ1) is 20.5. The van der Waals surface area contributed by atoms with Crippen LogP contribution >= 0.6 is 0 Å². The number of rotatable bonds is 9. The van der Waals surface area contributed by atoms with Gasteiger partial charge in [0.2, 0.25) is 0 Å². The van der Waals surface area contributed by atoms with Crippen molar-refractivity contribution < 1.29 is 23.8 Å².